The third-order valence-corrected chi connectivity index (χ3v) is 9.78. The monoisotopic (exact) mass is 886 g/mol. The molecule has 0 spiro atoms. The lowest BCUT2D eigenvalue weighted by Gasteiger charge is -2.34. The number of aldehydes is 1. The molecule has 1 aliphatic rings. The van der Waals surface area contributed by atoms with E-state index >= 15 is 0 Å². The third-order valence-electron chi connectivity index (χ3n) is 8.62. The fraction of sp³-hybridized carbons (Fsp3) is 0.333. The number of nitrogens with one attached hydrogen (secondary N) is 1. The fourth-order valence-electron chi connectivity index (χ4n) is 5.45. The maximum Gasteiger partial charge on any atom is 0.333 e. The molecule has 0 amide bonds. The standard InChI is InChI=1S/C24H30F2N4O2S.C18H16F2O3S.C3H8O/c1-18(17-31)14-19-15-22(25)24(23(26)16-19)32-20-2-4-21(5-3-20)33-28-7-9-30-12-10-29(8-6-27)11-13-30;1-3-22-18(21)11(2)8-12-9-15(19)17(16(20)10-12)23-13-4-6-14(24)7-5-13;1-3-4-2/h2-5,14-17,28H,6-13,27H2,1H3;4-10,24H,3H2,1-2H3;3H2,1-2H3/b18-14+;11-8+;. The van der Waals surface area contributed by atoms with Gasteiger partial charge in [0.15, 0.2) is 34.8 Å². The first-order valence-corrected chi connectivity index (χ1v) is 20.8. The minimum absolute atomic E-state index is 0.202. The van der Waals surface area contributed by atoms with E-state index in [2.05, 4.69) is 31.9 Å². The molecular formula is C45H54F4N4O6S2. The Kier molecular flexibility index (Phi) is 22.7. The van der Waals surface area contributed by atoms with E-state index in [1.165, 1.54) is 31.0 Å². The summed E-state index contributed by atoms with van der Waals surface area (Å²) in [4.78, 5) is 28.8. The van der Waals surface area contributed by atoms with Crippen LogP contribution in [-0.2, 0) is 19.1 Å². The number of hydrogen-bond acceptors (Lipinski definition) is 12. The summed E-state index contributed by atoms with van der Waals surface area (Å²) in [5, 5.41) is 0. The number of thiol groups is 1. The molecule has 0 aliphatic carbocycles. The smallest absolute Gasteiger partial charge is 0.333 e. The summed E-state index contributed by atoms with van der Waals surface area (Å²) in [7, 11) is 1.68. The van der Waals surface area contributed by atoms with E-state index in [-0.39, 0.29) is 29.1 Å². The van der Waals surface area contributed by atoms with Crippen molar-refractivity contribution >= 4 is 49.0 Å². The van der Waals surface area contributed by atoms with Crippen molar-refractivity contribution in [3.05, 3.63) is 118 Å². The summed E-state index contributed by atoms with van der Waals surface area (Å²) in [6, 6.07) is 17.9. The second-order valence-corrected chi connectivity index (χ2v) is 14.9. The first-order valence-electron chi connectivity index (χ1n) is 19.6. The number of nitrogens with two attached hydrogens (primary N) is 1. The zero-order chi connectivity index (χ0) is 44.7. The van der Waals surface area contributed by atoms with Crippen LogP contribution in [-0.4, -0.2) is 94.7 Å². The van der Waals surface area contributed by atoms with Crippen LogP contribution in [0.4, 0.5) is 17.6 Å². The molecule has 61 heavy (non-hydrogen) atoms. The van der Waals surface area contributed by atoms with Crippen molar-refractivity contribution in [1.29, 1.82) is 0 Å². The van der Waals surface area contributed by atoms with Crippen LogP contribution in [0.3, 0.4) is 0 Å². The van der Waals surface area contributed by atoms with Crippen LogP contribution < -0.4 is 19.9 Å². The molecule has 1 fully saturated rings. The minimum Gasteiger partial charge on any atom is -0.463 e. The summed E-state index contributed by atoms with van der Waals surface area (Å²) < 4.78 is 80.4. The Morgan fingerprint density at radius 3 is 1.67 bits per heavy atom. The molecular weight excluding hydrogens is 833 g/mol. The Morgan fingerprint density at radius 2 is 1.23 bits per heavy atom. The number of ether oxygens (including phenoxy) is 4. The molecule has 4 aromatic rings. The van der Waals surface area contributed by atoms with Gasteiger partial charge in [-0.3, -0.25) is 19.3 Å². The van der Waals surface area contributed by atoms with E-state index in [1.54, 1.807) is 57.4 Å². The second kappa shape index (κ2) is 27.3. The van der Waals surface area contributed by atoms with Gasteiger partial charge in [-0.2, -0.15) is 0 Å². The normalized spacial score (nSPS) is 13.4. The van der Waals surface area contributed by atoms with Crippen LogP contribution in [0.15, 0.2) is 93.7 Å². The Hall–Kier alpha value is -4.68. The summed E-state index contributed by atoms with van der Waals surface area (Å²) in [5.74, 6) is -4.29. The zero-order valence-electron chi connectivity index (χ0n) is 35.0. The van der Waals surface area contributed by atoms with E-state index < -0.39 is 40.7 Å². The minimum atomic E-state index is -0.868. The SMILES string of the molecule is C/C(C=O)=C\c1cc(F)c(Oc2ccc(SNCCN3CCN(CCN)CC3)cc2)c(F)c1.CCOC.CCOC(=O)/C(C)=C/c1cc(F)c(Oc2ccc(S)cc2)c(F)c1. The molecule has 0 saturated carbocycles. The summed E-state index contributed by atoms with van der Waals surface area (Å²) in [6.07, 6.45) is 3.38. The van der Waals surface area contributed by atoms with E-state index in [0.29, 0.717) is 29.0 Å². The molecule has 0 radical (unpaired) electrons. The number of carbonyl (C=O) groups is 2. The van der Waals surface area contributed by atoms with Gasteiger partial charge in [0, 0.05) is 81.4 Å². The van der Waals surface area contributed by atoms with Gasteiger partial charge in [-0.25, -0.2) is 22.4 Å². The van der Waals surface area contributed by atoms with Crippen molar-refractivity contribution in [3.63, 3.8) is 0 Å². The maximum absolute atomic E-state index is 14.3. The van der Waals surface area contributed by atoms with Gasteiger partial charge >= 0.3 is 5.97 Å². The number of hydrogen-bond donors (Lipinski definition) is 3. The molecule has 16 heteroatoms. The highest BCUT2D eigenvalue weighted by atomic mass is 32.2. The lowest BCUT2D eigenvalue weighted by Crippen LogP contribution is -2.48. The number of allylic oxidation sites excluding steroid dienone is 1. The molecule has 5 rings (SSSR count). The largest absolute Gasteiger partial charge is 0.463 e. The van der Waals surface area contributed by atoms with Crippen LogP contribution >= 0.6 is 24.6 Å². The zero-order valence-corrected chi connectivity index (χ0v) is 36.7. The number of carbonyl (C=O) groups excluding carboxylic acids is 2. The Labute approximate surface area is 365 Å². The number of esters is 1. The molecule has 330 valence electrons. The van der Waals surface area contributed by atoms with E-state index in [9.17, 15) is 27.2 Å². The highest BCUT2D eigenvalue weighted by molar-refractivity contribution is 7.97. The molecule has 3 N–H and O–H groups in total. The number of methoxy groups -OCH3 is 1. The molecule has 0 atom stereocenters. The lowest BCUT2D eigenvalue weighted by atomic mass is 10.1. The van der Waals surface area contributed by atoms with Crippen molar-refractivity contribution in [2.24, 2.45) is 5.73 Å². The first kappa shape index (κ1) is 50.7. The number of rotatable bonds is 17. The number of piperazine rings is 1. The van der Waals surface area contributed by atoms with Gasteiger partial charge in [-0.1, -0.05) is 0 Å². The quantitative estimate of drug-likeness (QED) is 0.0179. The molecule has 10 nitrogen and oxygen atoms in total. The van der Waals surface area contributed by atoms with Gasteiger partial charge < -0.3 is 24.7 Å². The molecule has 1 aliphatic heterocycles. The van der Waals surface area contributed by atoms with Gasteiger partial charge in [0.1, 0.15) is 17.8 Å². The molecule has 1 saturated heterocycles. The third kappa shape index (κ3) is 18.1. The molecule has 0 unspecified atom stereocenters. The number of halogens is 4. The Morgan fingerprint density at radius 1 is 0.770 bits per heavy atom. The topological polar surface area (TPSA) is 116 Å². The van der Waals surface area contributed by atoms with E-state index in [4.69, 9.17) is 19.9 Å². The highest BCUT2D eigenvalue weighted by Crippen LogP contribution is 2.31. The fourth-order valence-corrected chi connectivity index (χ4v) is 6.24. The maximum atomic E-state index is 14.3. The summed E-state index contributed by atoms with van der Waals surface area (Å²) in [6.45, 7) is 15.5. The molecule has 4 aromatic carbocycles. The van der Waals surface area contributed by atoms with Crippen molar-refractivity contribution in [2.45, 2.75) is 37.5 Å². The Bertz CT molecular complexity index is 2000. The van der Waals surface area contributed by atoms with Gasteiger partial charge in [0.05, 0.1) is 6.61 Å². The predicted octanol–water partition coefficient (Wildman–Crippen LogP) is 9.20. The van der Waals surface area contributed by atoms with Gasteiger partial charge in [0.2, 0.25) is 0 Å². The second-order valence-electron chi connectivity index (χ2n) is 13.4. The average molecular weight is 887 g/mol. The Balaban J connectivity index is 0.000000312. The molecule has 0 bridgehead atoms. The van der Waals surface area contributed by atoms with Gasteiger partial charge in [-0.15, -0.1) is 12.6 Å². The van der Waals surface area contributed by atoms with Crippen molar-refractivity contribution in [2.75, 3.05) is 72.7 Å². The van der Waals surface area contributed by atoms with Crippen LogP contribution in [0.5, 0.6) is 23.0 Å². The number of nitrogens with zero attached hydrogens (tertiary/aromatic N) is 2. The van der Waals surface area contributed by atoms with Gasteiger partial charge in [-0.05, 0) is 141 Å². The van der Waals surface area contributed by atoms with E-state index in [0.717, 1.165) is 81.6 Å². The molecule has 0 aromatic heterocycles. The van der Waals surface area contributed by atoms with Crippen LogP contribution in [0.2, 0.25) is 0 Å². The number of benzene rings is 4. The lowest BCUT2D eigenvalue weighted by molar-refractivity contribution is -0.138. The van der Waals surface area contributed by atoms with Crippen molar-refractivity contribution in [3.8, 4) is 23.0 Å². The van der Waals surface area contributed by atoms with Crippen molar-refractivity contribution < 1.29 is 46.1 Å². The predicted molar refractivity (Wildman–Crippen MR) is 236 cm³/mol. The highest BCUT2D eigenvalue weighted by Gasteiger charge is 2.17. The van der Waals surface area contributed by atoms with Crippen LogP contribution in [0.25, 0.3) is 12.2 Å². The molecule has 1 heterocycles. The first-order chi connectivity index (χ1) is 29.3. The van der Waals surface area contributed by atoms with Crippen molar-refractivity contribution in [1.82, 2.24) is 14.5 Å². The summed E-state index contributed by atoms with van der Waals surface area (Å²) in [5.41, 5.74) is 6.69. The van der Waals surface area contributed by atoms with E-state index in [1.807, 2.05) is 19.1 Å². The summed E-state index contributed by atoms with van der Waals surface area (Å²) >= 11 is 5.63. The van der Waals surface area contributed by atoms with Gasteiger partial charge in [0.25, 0.3) is 0 Å². The van der Waals surface area contributed by atoms with Crippen LogP contribution in [0, 0.1) is 23.3 Å². The van der Waals surface area contributed by atoms with Crippen LogP contribution in [0.1, 0.15) is 38.8 Å². The average Bonchev–Trinajstić information content (AvgIpc) is 3.24.